The number of nitrogens with zero attached hydrogens (tertiary/aromatic N) is 3. The van der Waals surface area contributed by atoms with Crippen molar-refractivity contribution in [3.63, 3.8) is 0 Å². The van der Waals surface area contributed by atoms with Crippen LogP contribution in [0.2, 0.25) is 0 Å². The SMILES string of the molecule is Cc1cc(-c2cnc(C)nc2C2CCC(CNC(=O)[C@@H]3C[C@H]3C)CC2)on1. The standard InChI is InChI=1S/C21H28N4O2/c1-12-8-17(12)21(26)23-10-15-4-6-16(7-5-15)20-18(11-22-14(3)24-20)19-9-13(2)25-27-19/h9,11-12,15-17H,4-8,10H2,1-3H3,(H,23,26)/t12-,15?,16?,17-/m1/s1. The van der Waals surface area contributed by atoms with Gasteiger partial charge in [0.05, 0.1) is 17.0 Å². The van der Waals surface area contributed by atoms with Gasteiger partial charge in [0.25, 0.3) is 0 Å². The topological polar surface area (TPSA) is 80.9 Å². The zero-order valence-corrected chi connectivity index (χ0v) is 16.4. The molecule has 0 spiro atoms. The number of aryl methyl sites for hydroxylation is 2. The predicted octanol–water partition coefficient (Wildman–Crippen LogP) is 3.79. The average molecular weight is 368 g/mol. The smallest absolute Gasteiger partial charge is 0.223 e. The molecule has 1 amide bonds. The van der Waals surface area contributed by atoms with E-state index >= 15 is 0 Å². The van der Waals surface area contributed by atoms with Gasteiger partial charge in [0, 0.05) is 30.6 Å². The van der Waals surface area contributed by atoms with E-state index in [1.54, 1.807) is 0 Å². The van der Waals surface area contributed by atoms with Crippen LogP contribution in [0.5, 0.6) is 0 Å². The third-order valence-electron chi connectivity index (χ3n) is 6.08. The summed E-state index contributed by atoms with van der Waals surface area (Å²) in [6, 6.07) is 1.94. The summed E-state index contributed by atoms with van der Waals surface area (Å²) in [6.07, 6.45) is 7.30. The molecule has 0 unspecified atom stereocenters. The van der Waals surface area contributed by atoms with Crippen molar-refractivity contribution in [1.82, 2.24) is 20.4 Å². The maximum Gasteiger partial charge on any atom is 0.223 e. The number of hydrogen-bond acceptors (Lipinski definition) is 5. The molecule has 0 radical (unpaired) electrons. The van der Waals surface area contributed by atoms with Gasteiger partial charge in [0.2, 0.25) is 5.91 Å². The number of aromatic nitrogens is 3. The van der Waals surface area contributed by atoms with Crippen LogP contribution in [0.3, 0.4) is 0 Å². The third-order valence-corrected chi connectivity index (χ3v) is 6.08. The van der Waals surface area contributed by atoms with E-state index in [0.717, 1.165) is 67.2 Å². The van der Waals surface area contributed by atoms with Crippen molar-refractivity contribution in [2.45, 2.75) is 58.8 Å². The van der Waals surface area contributed by atoms with E-state index in [4.69, 9.17) is 9.51 Å². The van der Waals surface area contributed by atoms with Crippen LogP contribution < -0.4 is 5.32 Å². The summed E-state index contributed by atoms with van der Waals surface area (Å²) in [7, 11) is 0. The van der Waals surface area contributed by atoms with Crippen LogP contribution in [-0.2, 0) is 4.79 Å². The Kier molecular flexibility index (Phi) is 4.98. The van der Waals surface area contributed by atoms with E-state index in [2.05, 4.69) is 22.4 Å². The first-order valence-electron chi connectivity index (χ1n) is 10.1. The number of nitrogens with one attached hydrogen (secondary N) is 1. The Hall–Kier alpha value is -2.24. The molecule has 6 heteroatoms. The molecule has 2 aromatic heterocycles. The highest BCUT2D eigenvalue weighted by molar-refractivity contribution is 5.81. The summed E-state index contributed by atoms with van der Waals surface area (Å²) >= 11 is 0. The summed E-state index contributed by atoms with van der Waals surface area (Å²) in [4.78, 5) is 21.2. The number of carbonyl (C=O) groups excluding carboxylic acids is 1. The molecule has 27 heavy (non-hydrogen) atoms. The summed E-state index contributed by atoms with van der Waals surface area (Å²) in [5.41, 5.74) is 2.90. The van der Waals surface area contributed by atoms with Gasteiger partial charge in [-0.3, -0.25) is 4.79 Å². The quantitative estimate of drug-likeness (QED) is 0.868. The minimum Gasteiger partial charge on any atom is -0.356 e. The molecule has 2 atom stereocenters. The second kappa shape index (κ2) is 7.41. The fourth-order valence-electron chi connectivity index (χ4n) is 4.18. The highest BCUT2D eigenvalue weighted by Gasteiger charge is 2.39. The van der Waals surface area contributed by atoms with Gasteiger partial charge in [-0.15, -0.1) is 0 Å². The van der Waals surface area contributed by atoms with Gasteiger partial charge >= 0.3 is 0 Å². The molecule has 0 saturated heterocycles. The maximum atomic E-state index is 12.0. The summed E-state index contributed by atoms with van der Waals surface area (Å²) in [5, 5.41) is 7.17. The number of amides is 1. The third kappa shape index (κ3) is 4.04. The van der Waals surface area contributed by atoms with Crippen LogP contribution in [0, 0.1) is 31.6 Å². The van der Waals surface area contributed by atoms with Crippen molar-refractivity contribution in [2.24, 2.45) is 17.8 Å². The van der Waals surface area contributed by atoms with E-state index in [-0.39, 0.29) is 11.8 Å². The minimum absolute atomic E-state index is 0.249. The highest BCUT2D eigenvalue weighted by Crippen LogP contribution is 2.40. The Morgan fingerprint density at radius 2 is 2.00 bits per heavy atom. The van der Waals surface area contributed by atoms with Crippen LogP contribution in [0.4, 0.5) is 0 Å². The first-order chi connectivity index (χ1) is 13.0. The van der Waals surface area contributed by atoms with Crippen molar-refractivity contribution in [3.8, 4) is 11.3 Å². The van der Waals surface area contributed by atoms with E-state index < -0.39 is 0 Å². The molecule has 0 aromatic carbocycles. The molecule has 2 heterocycles. The maximum absolute atomic E-state index is 12.0. The van der Waals surface area contributed by atoms with Crippen molar-refractivity contribution < 1.29 is 9.32 Å². The van der Waals surface area contributed by atoms with Gasteiger partial charge in [0.15, 0.2) is 5.76 Å². The molecule has 6 nitrogen and oxygen atoms in total. The molecule has 4 rings (SSSR count). The molecule has 1 N–H and O–H groups in total. The second-order valence-corrected chi connectivity index (χ2v) is 8.33. The van der Waals surface area contributed by atoms with Crippen LogP contribution in [0.25, 0.3) is 11.3 Å². The van der Waals surface area contributed by atoms with Gasteiger partial charge in [-0.05, 0) is 57.8 Å². The lowest BCUT2D eigenvalue weighted by Crippen LogP contribution is -2.32. The van der Waals surface area contributed by atoms with Gasteiger partial charge < -0.3 is 9.84 Å². The first-order valence-corrected chi connectivity index (χ1v) is 10.1. The number of carbonyl (C=O) groups is 1. The Morgan fingerprint density at radius 3 is 2.63 bits per heavy atom. The van der Waals surface area contributed by atoms with Crippen molar-refractivity contribution in [2.75, 3.05) is 6.54 Å². The molecular formula is C21H28N4O2. The monoisotopic (exact) mass is 368 g/mol. The van der Waals surface area contributed by atoms with Crippen LogP contribution in [-0.4, -0.2) is 27.6 Å². The molecule has 144 valence electrons. The molecule has 2 aromatic rings. The largest absolute Gasteiger partial charge is 0.356 e. The van der Waals surface area contributed by atoms with E-state index in [1.807, 2.05) is 26.1 Å². The van der Waals surface area contributed by atoms with Gasteiger partial charge in [0.1, 0.15) is 5.82 Å². The van der Waals surface area contributed by atoms with Crippen molar-refractivity contribution in [1.29, 1.82) is 0 Å². The normalized spacial score (nSPS) is 27.4. The highest BCUT2D eigenvalue weighted by atomic mass is 16.5. The lowest BCUT2D eigenvalue weighted by molar-refractivity contribution is -0.122. The Bertz CT molecular complexity index is 823. The number of hydrogen-bond donors (Lipinski definition) is 1. The molecule has 2 aliphatic rings. The molecule has 0 bridgehead atoms. The molecule has 2 fully saturated rings. The Labute approximate surface area is 160 Å². The molecular weight excluding hydrogens is 340 g/mol. The summed E-state index contributed by atoms with van der Waals surface area (Å²) < 4.78 is 5.47. The van der Waals surface area contributed by atoms with Crippen LogP contribution in [0.15, 0.2) is 16.8 Å². The first kappa shape index (κ1) is 18.1. The minimum atomic E-state index is 0.249. The van der Waals surface area contributed by atoms with Crippen LogP contribution >= 0.6 is 0 Å². The van der Waals surface area contributed by atoms with E-state index in [9.17, 15) is 4.79 Å². The van der Waals surface area contributed by atoms with Gasteiger partial charge in [-0.1, -0.05) is 12.1 Å². The van der Waals surface area contributed by atoms with Gasteiger partial charge in [-0.2, -0.15) is 0 Å². The fraction of sp³-hybridized carbons (Fsp3) is 0.619. The fourth-order valence-corrected chi connectivity index (χ4v) is 4.18. The molecule has 0 aliphatic heterocycles. The van der Waals surface area contributed by atoms with Crippen molar-refractivity contribution >= 4 is 5.91 Å². The summed E-state index contributed by atoms with van der Waals surface area (Å²) in [6.45, 7) is 6.81. The summed E-state index contributed by atoms with van der Waals surface area (Å²) in [5.74, 6) is 3.59. The predicted molar refractivity (Wildman–Crippen MR) is 102 cm³/mol. The van der Waals surface area contributed by atoms with Crippen LogP contribution in [0.1, 0.15) is 62.2 Å². The van der Waals surface area contributed by atoms with E-state index in [0.29, 0.717) is 17.8 Å². The number of rotatable bonds is 5. The lowest BCUT2D eigenvalue weighted by atomic mass is 9.79. The molecule has 2 aliphatic carbocycles. The van der Waals surface area contributed by atoms with E-state index in [1.165, 1.54) is 0 Å². The Morgan fingerprint density at radius 1 is 1.26 bits per heavy atom. The Balaban J connectivity index is 1.39. The second-order valence-electron chi connectivity index (χ2n) is 8.33. The zero-order chi connectivity index (χ0) is 19.0. The van der Waals surface area contributed by atoms with Gasteiger partial charge in [-0.25, -0.2) is 9.97 Å². The average Bonchev–Trinajstić information content (AvgIpc) is 3.25. The molecule has 2 saturated carbocycles. The zero-order valence-electron chi connectivity index (χ0n) is 16.4. The lowest BCUT2D eigenvalue weighted by Gasteiger charge is -2.29. The van der Waals surface area contributed by atoms with Crippen molar-refractivity contribution in [3.05, 3.63) is 29.5 Å².